The highest BCUT2D eigenvalue weighted by Crippen LogP contribution is 2.23. The van der Waals surface area contributed by atoms with E-state index in [-0.39, 0.29) is 37.9 Å². The van der Waals surface area contributed by atoms with Crippen LogP contribution in [0, 0.1) is 0 Å². The fraction of sp³-hybridized carbons (Fsp3) is 0.389. The van der Waals surface area contributed by atoms with Gasteiger partial charge in [-0.3, -0.25) is 9.59 Å². The normalized spacial score (nSPS) is 23.5. The van der Waals surface area contributed by atoms with Gasteiger partial charge in [0, 0.05) is 31.9 Å². The number of rotatable bonds is 3. The van der Waals surface area contributed by atoms with Crippen molar-refractivity contribution in [3.8, 4) is 0 Å². The first-order valence-electron chi connectivity index (χ1n) is 8.19. The van der Waals surface area contributed by atoms with Crippen molar-refractivity contribution in [3.05, 3.63) is 42.1 Å². The predicted octanol–water partition coefficient (Wildman–Crippen LogP) is 0.309. The van der Waals surface area contributed by atoms with Crippen LogP contribution in [-0.2, 0) is 4.79 Å². The summed E-state index contributed by atoms with van der Waals surface area (Å²) >= 11 is 0. The molecule has 1 aromatic carbocycles. The van der Waals surface area contributed by atoms with Crippen molar-refractivity contribution in [1.29, 1.82) is 0 Å². The third-order valence-corrected chi connectivity index (χ3v) is 4.58. The van der Waals surface area contributed by atoms with Gasteiger partial charge in [-0.05, 0) is 18.6 Å². The molecule has 7 nitrogen and oxygen atoms in total. The number of nitrogens with zero attached hydrogens (tertiary/aromatic N) is 2. The van der Waals surface area contributed by atoms with E-state index in [2.05, 4.69) is 10.3 Å². The molecule has 25 heavy (non-hydrogen) atoms. The number of aliphatic hydroxyl groups excluding tert-OH is 1. The van der Waals surface area contributed by atoms with Gasteiger partial charge in [0.2, 0.25) is 5.91 Å². The summed E-state index contributed by atoms with van der Waals surface area (Å²) in [6.45, 7) is 1.57. The second-order valence-corrected chi connectivity index (χ2v) is 6.42. The Bertz CT molecular complexity index is 810. The highest BCUT2D eigenvalue weighted by Gasteiger charge is 2.42. The topological polar surface area (TPSA) is 103 Å². The van der Waals surface area contributed by atoms with Gasteiger partial charge >= 0.3 is 0 Å². The minimum absolute atomic E-state index is 0.0105. The highest BCUT2D eigenvalue weighted by atomic mass is 16.3. The van der Waals surface area contributed by atoms with E-state index in [9.17, 15) is 19.8 Å². The molecule has 0 radical (unpaired) electrons. The Morgan fingerprint density at radius 2 is 2.08 bits per heavy atom. The third kappa shape index (κ3) is 3.62. The molecule has 1 aliphatic rings. The number of aliphatic hydroxyl groups is 2. The van der Waals surface area contributed by atoms with Gasteiger partial charge in [-0.1, -0.05) is 24.3 Å². The van der Waals surface area contributed by atoms with Crippen LogP contribution in [0.25, 0.3) is 10.9 Å². The molecule has 1 aliphatic heterocycles. The number of carbonyl (C=O) groups is 2. The maximum Gasteiger partial charge on any atom is 0.272 e. The molecule has 1 saturated heterocycles. The number of hydrogen-bond acceptors (Lipinski definition) is 5. The van der Waals surface area contributed by atoms with E-state index >= 15 is 0 Å². The van der Waals surface area contributed by atoms with Crippen LogP contribution in [0.5, 0.6) is 0 Å². The van der Waals surface area contributed by atoms with Crippen molar-refractivity contribution < 1.29 is 19.8 Å². The lowest BCUT2D eigenvalue weighted by Gasteiger charge is -2.42. The minimum Gasteiger partial charge on any atom is -0.388 e. The van der Waals surface area contributed by atoms with Crippen LogP contribution in [0.1, 0.15) is 23.8 Å². The SMILES string of the molecule is CC(=O)NC[C@]1(O)CCN(C(=O)c2ccc3ccccc3n2)C[C@H]1O. The Balaban J connectivity index is 1.72. The molecule has 1 aromatic heterocycles. The zero-order valence-electron chi connectivity index (χ0n) is 14.0. The van der Waals surface area contributed by atoms with Crippen molar-refractivity contribution in [3.63, 3.8) is 0 Å². The van der Waals surface area contributed by atoms with E-state index in [1.807, 2.05) is 30.3 Å². The number of hydrogen-bond donors (Lipinski definition) is 3. The molecule has 1 fully saturated rings. The van der Waals surface area contributed by atoms with Gasteiger partial charge in [0.05, 0.1) is 5.52 Å². The number of amides is 2. The average Bonchev–Trinajstić information content (AvgIpc) is 2.61. The lowest BCUT2D eigenvalue weighted by atomic mass is 9.88. The lowest BCUT2D eigenvalue weighted by molar-refractivity contribution is -0.127. The summed E-state index contributed by atoms with van der Waals surface area (Å²) in [5.41, 5.74) is -0.398. The van der Waals surface area contributed by atoms with Crippen LogP contribution >= 0.6 is 0 Å². The first kappa shape index (κ1) is 17.3. The number of β-amino-alcohol motifs (C(OH)–C–C–N with tert-alkyl or cyclic N) is 1. The van der Waals surface area contributed by atoms with E-state index < -0.39 is 11.7 Å². The highest BCUT2D eigenvalue weighted by molar-refractivity contribution is 5.95. The van der Waals surface area contributed by atoms with Crippen molar-refractivity contribution >= 4 is 22.7 Å². The summed E-state index contributed by atoms with van der Waals surface area (Å²) in [6.07, 6.45) is -0.967. The number of aromatic nitrogens is 1. The summed E-state index contributed by atoms with van der Waals surface area (Å²) in [6, 6.07) is 11.0. The number of likely N-dealkylation sites (tertiary alicyclic amines) is 1. The van der Waals surface area contributed by atoms with Crippen LogP contribution in [0.4, 0.5) is 0 Å². The molecule has 0 unspecified atom stereocenters. The summed E-state index contributed by atoms with van der Waals surface area (Å²) in [7, 11) is 0. The Morgan fingerprint density at radius 1 is 1.32 bits per heavy atom. The van der Waals surface area contributed by atoms with Crippen LogP contribution in [-0.4, -0.2) is 63.3 Å². The maximum atomic E-state index is 12.7. The van der Waals surface area contributed by atoms with Gasteiger partial charge < -0.3 is 20.4 Å². The minimum atomic E-state index is -1.43. The molecular formula is C18H21N3O4. The smallest absolute Gasteiger partial charge is 0.272 e. The van der Waals surface area contributed by atoms with Crippen LogP contribution in [0.15, 0.2) is 36.4 Å². The monoisotopic (exact) mass is 343 g/mol. The van der Waals surface area contributed by atoms with Crippen LogP contribution in [0.3, 0.4) is 0 Å². The number of piperidine rings is 1. The lowest BCUT2D eigenvalue weighted by Crippen LogP contribution is -2.61. The number of para-hydroxylation sites is 1. The molecule has 2 aromatic rings. The Morgan fingerprint density at radius 3 is 2.80 bits per heavy atom. The molecule has 0 bridgehead atoms. The molecule has 7 heteroatoms. The maximum absolute atomic E-state index is 12.7. The summed E-state index contributed by atoms with van der Waals surface area (Å²) in [5.74, 6) is -0.564. The van der Waals surface area contributed by atoms with E-state index in [0.717, 1.165) is 10.9 Å². The van der Waals surface area contributed by atoms with E-state index in [1.165, 1.54) is 11.8 Å². The van der Waals surface area contributed by atoms with Crippen molar-refractivity contribution in [1.82, 2.24) is 15.2 Å². The molecular weight excluding hydrogens is 322 g/mol. The predicted molar refractivity (Wildman–Crippen MR) is 91.9 cm³/mol. The molecule has 2 atom stereocenters. The average molecular weight is 343 g/mol. The van der Waals surface area contributed by atoms with Gasteiger partial charge in [-0.25, -0.2) is 4.98 Å². The molecule has 0 spiro atoms. The van der Waals surface area contributed by atoms with Gasteiger partial charge in [0.25, 0.3) is 5.91 Å². The van der Waals surface area contributed by atoms with Gasteiger partial charge in [0.1, 0.15) is 17.4 Å². The number of fused-ring (bicyclic) bond motifs is 1. The fourth-order valence-corrected chi connectivity index (χ4v) is 2.98. The number of nitrogens with one attached hydrogen (secondary N) is 1. The van der Waals surface area contributed by atoms with Crippen molar-refractivity contribution in [2.75, 3.05) is 19.6 Å². The van der Waals surface area contributed by atoms with Crippen molar-refractivity contribution in [2.45, 2.75) is 25.0 Å². The molecule has 2 heterocycles. The molecule has 0 saturated carbocycles. The van der Waals surface area contributed by atoms with Gasteiger partial charge in [-0.2, -0.15) is 0 Å². The van der Waals surface area contributed by atoms with Crippen LogP contribution in [0.2, 0.25) is 0 Å². The Kier molecular flexibility index (Phi) is 4.69. The molecule has 3 N–H and O–H groups in total. The number of benzene rings is 1. The zero-order chi connectivity index (χ0) is 18.0. The van der Waals surface area contributed by atoms with Crippen molar-refractivity contribution in [2.24, 2.45) is 0 Å². The van der Waals surface area contributed by atoms with E-state index in [1.54, 1.807) is 6.07 Å². The largest absolute Gasteiger partial charge is 0.388 e. The quantitative estimate of drug-likeness (QED) is 0.744. The third-order valence-electron chi connectivity index (χ3n) is 4.58. The fourth-order valence-electron chi connectivity index (χ4n) is 2.98. The van der Waals surface area contributed by atoms with Gasteiger partial charge in [-0.15, -0.1) is 0 Å². The second-order valence-electron chi connectivity index (χ2n) is 6.42. The Hall–Kier alpha value is -2.51. The molecule has 132 valence electrons. The molecule has 0 aliphatic carbocycles. The molecule has 3 rings (SSSR count). The molecule has 2 amide bonds. The van der Waals surface area contributed by atoms with E-state index in [4.69, 9.17) is 0 Å². The standard InChI is InChI=1S/C18H21N3O4/c1-12(22)19-11-18(25)8-9-21(10-16(18)23)17(24)15-7-6-13-4-2-3-5-14(13)20-15/h2-7,16,23,25H,8-11H2,1H3,(H,19,22)/t16-,18-/m1/s1. The Labute approximate surface area is 145 Å². The zero-order valence-corrected chi connectivity index (χ0v) is 14.0. The van der Waals surface area contributed by atoms with Gasteiger partial charge in [0.15, 0.2) is 0 Å². The van der Waals surface area contributed by atoms with Crippen LogP contribution < -0.4 is 5.32 Å². The number of pyridine rings is 1. The summed E-state index contributed by atoms with van der Waals surface area (Å²) in [5, 5.41) is 24.2. The first-order valence-corrected chi connectivity index (χ1v) is 8.19. The van der Waals surface area contributed by atoms with E-state index in [0.29, 0.717) is 5.69 Å². The first-order chi connectivity index (χ1) is 11.9. The summed E-state index contributed by atoms with van der Waals surface area (Å²) in [4.78, 5) is 29.5. The number of carbonyl (C=O) groups excluding carboxylic acids is 2. The second kappa shape index (κ2) is 6.78. The summed E-state index contributed by atoms with van der Waals surface area (Å²) < 4.78 is 0.